The minimum atomic E-state index is -1.35. The maximum Gasteiger partial charge on any atom is 0.408 e. The highest BCUT2D eigenvalue weighted by molar-refractivity contribution is 6.30. The Kier molecular flexibility index (Phi) is 7.51. The number of halogens is 1. The zero-order valence-electron chi connectivity index (χ0n) is 13.8. The maximum atomic E-state index is 11.7. The van der Waals surface area contributed by atoms with Crippen LogP contribution in [0.2, 0.25) is 0 Å². The normalized spacial score (nSPS) is 12.0. The van der Waals surface area contributed by atoms with Crippen molar-refractivity contribution in [2.24, 2.45) is 0 Å². The molecule has 0 aliphatic carbocycles. The zero-order chi connectivity index (χ0) is 18.2. The van der Waals surface area contributed by atoms with Gasteiger partial charge in [-0.1, -0.05) is 41.9 Å². The van der Waals surface area contributed by atoms with Crippen LogP contribution in [0.15, 0.2) is 30.3 Å². The molecule has 2 N–H and O–H groups in total. The van der Waals surface area contributed by atoms with Crippen molar-refractivity contribution in [3.8, 4) is 0 Å². The quantitative estimate of drug-likeness (QED) is 0.461. The van der Waals surface area contributed by atoms with Crippen molar-refractivity contribution in [3.05, 3.63) is 35.9 Å². The van der Waals surface area contributed by atoms with Gasteiger partial charge in [-0.3, -0.25) is 4.79 Å². The lowest BCUT2D eigenvalue weighted by Gasteiger charge is -2.19. The van der Waals surface area contributed by atoms with Gasteiger partial charge in [0.05, 0.1) is 0 Å². The third-order valence-electron chi connectivity index (χ3n) is 2.51. The number of carbonyl (C=O) groups is 3. The molecular formula is C16H21ClN2O5. The van der Waals surface area contributed by atoms with Crippen LogP contribution in [0.1, 0.15) is 26.3 Å². The second kappa shape index (κ2) is 9.12. The van der Waals surface area contributed by atoms with Crippen LogP contribution >= 0.6 is 11.6 Å². The smallest absolute Gasteiger partial charge is 0.408 e. The molecule has 1 rings (SSSR count). The van der Waals surface area contributed by atoms with Crippen LogP contribution < -0.4 is 10.6 Å². The number of hydrogen-bond donors (Lipinski definition) is 2. The van der Waals surface area contributed by atoms with E-state index in [2.05, 4.69) is 10.6 Å². The number of alkyl halides is 1. The van der Waals surface area contributed by atoms with Crippen molar-refractivity contribution in [2.45, 2.75) is 38.5 Å². The fourth-order valence-electron chi connectivity index (χ4n) is 1.52. The average molecular weight is 357 g/mol. The van der Waals surface area contributed by atoms with Crippen molar-refractivity contribution >= 4 is 29.6 Å². The van der Waals surface area contributed by atoms with Gasteiger partial charge in [0.25, 0.3) is 0 Å². The molecule has 7 nitrogen and oxygen atoms in total. The summed E-state index contributed by atoms with van der Waals surface area (Å²) >= 11 is 5.76. The molecule has 0 unspecified atom stereocenters. The molecule has 24 heavy (non-hydrogen) atoms. The highest BCUT2D eigenvalue weighted by Crippen LogP contribution is 2.06. The van der Waals surface area contributed by atoms with Gasteiger partial charge in [-0.2, -0.15) is 0 Å². The number of ether oxygens (including phenoxy) is 2. The van der Waals surface area contributed by atoms with Gasteiger partial charge in [0.2, 0.25) is 11.4 Å². The number of carbonyl (C=O) groups excluding carboxylic acids is 3. The highest BCUT2D eigenvalue weighted by atomic mass is 35.5. The van der Waals surface area contributed by atoms with E-state index in [1.165, 1.54) is 0 Å². The predicted octanol–water partition coefficient (Wildman–Crippen LogP) is 1.94. The Hall–Kier alpha value is -2.28. The molecule has 2 amide bonds. The van der Waals surface area contributed by atoms with Gasteiger partial charge < -0.3 is 20.1 Å². The van der Waals surface area contributed by atoms with E-state index in [-0.39, 0.29) is 13.2 Å². The van der Waals surface area contributed by atoms with Gasteiger partial charge >= 0.3 is 12.1 Å². The maximum absolute atomic E-state index is 11.7. The van der Waals surface area contributed by atoms with Crippen LogP contribution in [0.5, 0.6) is 0 Å². The standard InChI is InChI=1S/C16H21ClN2O5/c1-16(2,3)24-15(22)18-9-12(20)19-13(17)14(21)23-10-11-7-5-4-6-8-11/h4-8,13H,9-10H2,1-3H3,(H,18,22)(H,19,20)/t13-/m1/s1. The first-order valence-electron chi connectivity index (χ1n) is 7.28. The predicted molar refractivity (Wildman–Crippen MR) is 88.3 cm³/mol. The van der Waals surface area contributed by atoms with E-state index in [1.807, 2.05) is 18.2 Å². The molecule has 132 valence electrons. The summed E-state index contributed by atoms with van der Waals surface area (Å²) in [5.41, 5.74) is -1.22. The summed E-state index contributed by atoms with van der Waals surface area (Å²) in [6.45, 7) is 4.78. The highest BCUT2D eigenvalue weighted by Gasteiger charge is 2.21. The van der Waals surface area contributed by atoms with Crippen LogP contribution in [0, 0.1) is 0 Å². The van der Waals surface area contributed by atoms with Gasteiger partial charge in [-0.05, 0) is 26.3 Å². The lowest BCUT2D eigenvalue weighted by Crippen LogP contribution is -2.44. The Morgan fingerprint density at radius 2 is 1.79 bits per heavy atom. The molecule has 0 saturated heterocycles. The van der Waals surface area contributed by atoms with E-state index in [4.69, 9.17) is 21.1 Å². The van der Waals surface area contributed by atoms with Gasteiger partial charge in [0.15, 0.2) is 0 Å². The lowest BCUT2D eigenvalue weighted by molar-refractivity contribution is -0.146. The molecule has 0 spiro atoms. The Labute approximate surface area is 145 Å². The minimum absolute atomic E-state index is 0.0505. The van der Waals surface area contributed by atoms with Crippen LogP contribution in [-0.4, -0.2) is 35.6 Å². The Morgan fingerprint density at radius 3 is 2.38 bits per heavy atom. The topological polar surface area (TPSA) is 93.7 Å². The summed E-state index contributed by atoms with van der Waals surface area (Å²) in [6.07, 6.45) is -0.740. The Balaban J connectivity index is 2.30. The van der Waals surface area contributed by atoms with E-state index in [1.54, 1.807) is 32.9 Å². The van der Waals surface area contributed by atoms with Gasteiger partial charge in [-0.25, -0.2) is 9.59 Å². The van der Waals surface area contributed by atoms with Crippen LogP contribution in [0.25, 0.3) is 0 Å². The molecule has 8 heteroatoms. The summed E-state index contributed by atoms with van der Waals surface area (Å²) in [5, 5.41) is 4.47. The molecule has 0 aliphatic heterocycles. The van der Waals surface area contributed by atoms with Crippen molar-refractivity contribution in [1.29, 1.82) is 0 Å². The van der Waals surface area contributed by atoms with E-state index >= 15 is 0 Å². The van der Waals surface area contributed by atoms with E-state index in [9.17, 15) is 14.4 Å². The van der Waals surface area contributed by atoms with E-state index in [0.29, 0.717) is 0 Å². The molecular weight excluding hydrogens is 336 g/mol. The summed E-state index contributed by atoms with van der Waals surface area (Å²) in [7, 11) is 0. The van der Waals surface area contributed by atoms with Crippen molar-refractivity contribution < 1.29 is 23.9 Å². The van der Waals surface area contributed by atoms with Gasteiger partial charge in [-0.15, -0.1) is 0 Å². The molecule has 1 aromatic carbocycles. The van der Waals surface area contributed by atoms with Crippen molar-refractivity contribution in [3.63, 3.8) is 0 Å². The van der Waals surface area contributed by atoms with Crippen molar-refractivity contribution in [1.82, 2.24) is 10.6 Å². The first-order chi connectivity index (χ1) is 11.2. The fraction of sp³-hybridized carbons (Fsp3) is 0.438. The number of rotatable bonds is 6. The second-order valence-electron chi connectivity index (χ2n) is 5.88. The summed E-state index contributed by atoms with van der Waals surface area (Å²) < 4.78 is 9.96. The number of esters is 1. The lowest BCUT2D eigenvalue weighted by atomic mass is 10.2. The zero-order valence-corrected chi connectivity index (χ0v) is 14.6. The van der Waals surface area contributed by atoms with Crippen LogP contribution in [-0.2, 0) is 25.7 Å². The molecule has 0 heterocycles. The van der Waals surface area contributed by atoms with Gasteiger partial charge in [0, 0.05) is 0 Å². The van der Waals surface area contributed by atoms with E-state index < -0.39 is 29.1 Å². The monoisotopic (exact) mass is 356 g/mol. The molecule has 1 atom stereocenters. The third kappa shape index (κ3) is 8.38. The van der Waals surface area contributed by atoms with Gasteiger partial charge in [0.1, 0.15) is 18.8 Å². The first kappa shape index (κ1) is 19.8. The number of benzene rings is 1. The molecule has 0 fully saturated rings. The van der Waals surface area contributed by atoms with E-state index in [0.717, 1.165) is 5.56 Å². The summed E-state index contributed by atoms with van der Waals surface area (Å²) in [6, 6.07) is 9.05. The SMILES string of the molecule is CC(C)(C)OC(=O)NCC(=O)N[C@@H](Cl)C(=O)OCc1ccccc1. The molecule has 0 aliphatic rings. The molecule has 0 aromatic heterocycles. The minimum Gasteiger partial charge on any atom is -0.458 e. The number of alkyl carbamates (subject to hydrolysis) is 1. The molecule has 0 saturated carbocycles. The first-order valence-corrected chi connectivity index (χ1v) is 7.72. The van der Waals surface area contributed by atoms with Crippen molar-refractivity contribution in [2.75, 3.05) is 6.54 Å². The molecule has 1 aromatic rings. The Morgan fingerprint density at radius 1 is 1.17 bits per heavy atom. The average Bonchev–Trinajstić information content (AvgIpc) is 2.50. The van der Waals surface area contributed by atoms with Crippen LogP contribution in [0.4, 0.5) is 4.79 Å². The fourth-order valence-corrected chi connectivity index (χ4v) is 1.70. The largest absolute Gasteiger partial charge is 0.458 e. The number of hydrogen-bond acceptors (Lipinski definition) is 5. The summed E-state index contributed by atoms with van der Waals surface area (Å²) in [5.74, 6) is -1.43. The number of amides is 2. The molecule has 0 radical (unpaired) electrons. The molecule has 0 bridgehead atoms. The van der Waals surface area contributed by atoms with Crippen LogP contribution in [0.3, 0.4) is 0 Å². The summed E-state index contributed by atoms with van der Waals surface area (Å²) in [4.78, 5) is 34.7. The third-order valence-corrected chi connectivity index (χ3v) is 2.80. The number of nitrogens with one attached hydrogen (secondary N) is 2. The second-order valence-corrected chi connectivity index (χ2v) is 6.32. The Bertz CT molecular complexity index is 572.